The normalized spacial score (nSPS) is 16.5. The highest BCUT2D eigenvalue weighted by molar-refractivity contribution is 6.31. The Labute approximate surface area is 159 Å². The summed E-state index contributed by atoms with van der Waals surface area (Å²) in [5.41, 5.74) is 5.73. The highest BCUT2D eigenvalue weighted by atomic mass is 35.5. The van der Waals surface area contributed by atoms with E-state index in [0.29, 0.717) is 36.1 Å². The van der Waals surface area contributed by atoms with Crippen LogP contribution in [-0.4, -0.2) is 55.5 Å². The van der Waals surface area contributed by atoms with Crippen molar-refractivity contribution in [2.45, 2.75) is 32.2 Å². The van der Waals surface area contributed by atoms with Crippen molar-refractivity contribution in [1.29, 1.82) is 0 Å². The van der Waals surface area contributed by atoms with E-state index in [-0.39, 0.29) is 17.8 Å². The zero-order chi connectivity index (χ0) is 18.9. The highest BCUT2D eigenvalue weighted by Crippen LogP contribution is 2.19. The Morgan fingerprint density at radius 3 is 2.77 bits per heavy atom. The number of nitrogens with one attached hydrogen (secondary N) is 2. The van der Waals surface area contributed by atoms with Crippen molar-refractivity contribution in [2.75, 3.05) is 32.7 Å². The molecule has 1 aromatic carbocycles. The third-order valence-corrected chi connectivity index (χ3v) is 4.70. The smallest absolute Gasteiger partial charge is 0.231 e. The van der Waals surface area contributed by atoms with Crippen molar-refractivity contribution in [2.24, 2.45) is 10.7 Å². The summed E-state index contributed by atoms with van der Waals surface area (Å²) in [5, 5.41) is 7.06. The van der Waals surface area contributed by atoms with Crippen LogP contribution >= 0.6 is 11.6 Å². The van der Waals surface area contributed by atoms with Crippen molar-refractivity contribution in [3.8, 4) is 0 Å². The molecule has 8 heteroatoms. The fourth-order valence-electron chi connectivity index (χ4n) is 3.02. The van der Waals surface area contributed by atoms with E-state index in [0.717, 1.165) is 32.5 Å². The minimum Gasteiger partial charge on any atom is -0.369 e. The number of benzene rings is 1. The van der Waals surface area contributed by atoms with Crippen LogP contribution in [0, 0.1) is 5.82 Å². The van der Waals surface area contributed by atoms with Gasteiger partial charge in [-0.05, 0) is 38.3 Å². The Morgan fingerprint density at radius 1 is 1.42 bits per heavy atom. The maximum Gasteiger partial charge on any atom is 0.231 e. The number of nitrogens with two attached hydrogens (primary N) is 1. The summed E-state index contributed by atoms with van der Waals surface area (Å²) in [7, 11) is 0. The first-order valence-electron chi connectivity index (χ1n) is 8.98. The van der Waals surface area contributed by atoms with Gasteiger partial charge >= 0.3 is 0 Å². The lowest BCUT2D eigenvalue weighted by Gasteiger charge is -2.32. The second-order valence-electron chi connectivity index (χ2n) is 6.37. The first kappa shape index (κ1) is 20.5. The van der Waals surface area contributed by atoms with Gasteiger partial charge in [0.1, 0.15) is 5.82 Å². The van der Waals surface area contributed by atoms with Crippen molar-refractivity contribution >= 4 is 23.5 Å². The molecule has 4 N–H and O–H groups in total. The Bertz CT molecular complexity index is 612. The lowest BCUT2D eigenvalue weighted by atomic mass is 10.1. The van der Waals surface area contributed by atoms with Gasteiger partial charge in [-0.25, -0.2) is 4.39 Å². The van der Waals surface area contributed by atoms with Gasteiger partial charge in [-0.3, -0.25) is 14.7 Å². The number of aliphatic imine (C=N–C) groups is 1. The third-order valence-electron chi connectivity index (χ3n) is 4.35. The van der Waals surface area contributed by atoms with Gasteiger partial charge in [0.15, 0.2) is 5.96 Å². The number of guanidine groups is 1. The van der Waals surface area contributed by atoms with Crippen molar-refractivity contribution in [3.05, 3.63) is 34.6 Å². The monoisotopic (exact) mass is 383 g/mol. The molecule has 1 aliphatic heterocycles. The van der Waals surface area contributed by atoms with Gasteiger partial charge in [-0.1, -0.05) is 17.7 Å². The molecule has 0 radical (unpaired) electrons. The zero-order valence-electron chi connectivity index (χ0n) is 15.1. The first-order chi connectivity index (χ1) is 12.5. The molecule has 1 heterocycles. The molecule has 0 bridgehead atoms. The summed E-state index contributed by atoms with van der Waals surface area (Å²) < 4.78 is 13.8. The molecular formula is C18H27ClFN5O. The number of primary amides is 1. The Balaban J connectivity index is 1.86. The van der Waals surface area contributed by atoms with Gasteiger partial charge < -0.3 is 16.4 Å². The molecule has 1 amide bonds. The van der Waals surface area contributed by atoms with E-state index in [9.17, 15) is 9.18 Å². The molecule has 6 nitrogen and oxygen atoms in total. The standard InChI is InChI=1S/C18H27ClFN5O/c1-2-22-18(23-9-6-14-15(19)4-3-5-16(14)20)24-13-7-10-25(11-8-13)12-17(21)26/h3-5,13H,2,6-12H2,1H3,(H2,21,26)(H2,22,23,24). The summed E-state index contributed by atoms with van der Waals surface area (Å²) in [6.45, 7) is 5.14. The van der Waals surface area contributed by atoms with E-state index in [1.165, 1.54) is 6.07 Å². The maximum absolute atomic E-state index is 13.8. The Kier molecular flexibility index (Phi) is 8.12. The van der Waals surface area contributed by atoms with Crippen LogP contribution in [0.25, 0.3) is 0 Å². The van der Waals surface area contributed by atoms with E-state index in [1.807, 2.05) is 6.92 Å². The molecule has 26 heavy (non-hydrogen) atoms. The molecule has 144 valence electrons. The van der Waals surface area contributed by atoms with Crippen LogP contribution in [0.3, 0.4) is 0 Å². The Morgan fingerprint density at radius 2 is 2.15 bits per heavy atom. The van der Waals surface area contributed by atoms with Gasteiger partial charge in [-0.15, -0.1) is 0 Å². The number of amides is 1. The number of hydrogen-bond acceptors (Lipinski definition) is 3. The second-order valence-corrected chi connectivity index (χ2v) is 6.78. The van der Waals surface area contributed by atoms with E-state index in [2.05, 4.69) is 20.5 Å². The van der Waals surface area contributed by atoms with Gasteiger partial charge in [-0.2, -0.15) is 0 Å². The van der Waals surface area contributed by atoms with Gasteiger partial charge in [0.05, 0.1) is 6.54 Å². The van der Waals surface area contributed by atoms with Gasteiger partial charge in [0.25, 0.3) is 0 Å². The summed E-state index contributed by atoms with van der Waals surface area (Å²) in [6, 6.07) is 4.98. The van der Waals surface area contributed by atoms with Crippen molar-refractivity contribution in [3.63, 3.8) is 0 Å². The fraction of sp³-hybridized carbons (Fsp3) is 0.556. The number of carbonyl (C=O) groups excluding carboxylic acids is 1. The molecule has 0 unspecified atom stereocenters. The lowest BCUT2D eigenvalue weighted by molar-refractivity contribution is -0.119. The lowest BCUT2D eigenvalue weighted by Crippen LogP contribution is -2.49. The second kappa shape index (κ2) is 10.3. The number of rotatable bonds is 7. The third kappa shape index (κ3) is 6.46. The largest absolute Gasteiger partial charge is 0.369 e. The summed E-state index contributed by atoms with van der Waals surface area (Å²) in [5.74, 6) is 0.124. The minimum atomic E-state index is -0.299. The van der Waals surface area contributed by atoms with E-state index < -0.39 is 0 Å². The number of hydrogen-bond donors (Lipinski definition) is 3. The van der Waals surface area contributed by atoms with Crippen LogP contribution in [0.5, 0.6) is 0 Å². The number of likely N-dealkylation sites (tertiary alicyclic amines) is 1. The molecule has 1 saturated heterocycles. The van der Waals surface area contributed by atoms with Crippen LogP contribution in [0.2, 0.25) is 5.02 Å². The average molecular weight is 384 g/mol. The molecule has 1 aliphatic rings. The molecule has 0 spiro atoms. The Hall–Kier alpha value is -1.86. The van der Waals surface area contributed by atoms with Gasteiger partial charge in [0.2, 0.25) is 5.91 Å². The number of halogens is 2. The minimum absolute atomic E-state index is 0.286. The van der Waals surface area contributed by atoms with Crippen molar-refractivity contribution in [1.82, 2.24) is 15.5 Å². The molecule has 0 aromatic heterocycles. The summed E-state index contributed by atoms with van der Waals surface area (Å²) >= 11 is 6.05. The average Bonchev–Trinajstić information content (AvgIpc) is 2.59. The fourth-order valence-corrected chi connectivity index (χ4v) is 3.28. The summed E-state index contributed by atoms with van der Waals surface area (Å²) in [4.78, 5) is 17.6. The number of carbonyl (C=O) groups is 1. The van der Waals surface area contributed by atoms with E-state index in [1.54, 1.807) is 12.1 Å². The topological polar surface area (TPSA) is 82.8 Å². The highest BCUT2D eigenvalue weighted by Gasteiger charge is 2.20. The SMILES string of the molecule is CCNC(=NCCc1c(F)cccc1Cl)NC1CCN(CC(N)=O)CC1. The predicted octanol–water partition coefficient (Wildman–Crippen LogP) is 1.53. The van der Waals surface area contributed by atoms with E-state index >= 15 is 0 Å². The summed E-state index contributed by atoms with van der Waals surface area (Å²) in [6.07, 6.45) is 2.27. The molecular weight excluding hydrogens is 357 g/mol. The molecule has 2 rings (SSSR count). The molecule has 0 atom stereocenters. The van der Waals surface area contributed by atoms with Crippen LogP contribution < -0.4 is 16.4 Å². The maximum atomic E-state index is 13.8. The van der Waals surface area contributed by atoms with Crippen molar-refractivity contribution < 1.29 is 9.18 Å². The van der Waals surface area contributed by atoms with E-state index in [4.69, 9.17) is 17.3 Å². The van der Waals surface area contributed by atoms with Gasteiger partial charge in [0, 0.05) is 42.8 Å². The molecule has 1 fully saturated rings. The van der Waals surface area contributed by atoms with Crippen LogP contribution in [-0.2, 0) is 11.2 Å². The molecule has 0 aliphatic carbocycles. The quantitative estimate of drug-likeness (QED) is 0.492. The predicted molar refractivity (Wildman–Crippen MR) is 103 cm³/mol. The first-order valence-corrected chi connectivity index (χ1v) is 9.35. The van der Waals surface area contributed by atoms with Crippen LogP contribution in [0.15, 0.2) is 23.2 Å². The number of piperidine rings is 1. The zero-order valence-corrected chi connectivity index (χ0v) is 15.9. The number of nitrogens with zero attached hydrogens (tertiary/aromatic N) is 2. The van der Waals surface area contributed by atoms with Crippen LogP contribution in [0.1, 0.15) is 25.3 Å². The van der Waals surface area contributed by atoms with Crippen LogP contribution in [0.4, 0.5) is 4.39 Å². The molecule has 0 saturated carbocycles. The molecule has 1 aromatic rings.